The summed E-state index contributed by atoms with van der Waals surface area (Å²) in [6.07, 6.45) is 2.15. The Labute approximate surface area is 108 Å². The van der Waals surface area contributed by atoms with Crippen molar-refractivity contribution in [3.05, 3.63) is 23.8 Å². The number of methoxy groups -OCH3 is 1. The summed E-state index contributed by atoms with van der Waals surface area (Å²) in [7, 11) is 1.63. The lowest BCUT2D eigenvalue weighted by atomic mass is 9.89. The number of halogens is 1. The molecular formula is C14H21FN2O. The lowest BCUT2D eigenvalue weighted by Gasteiger charge is -2.31. The van der Waals surface area contributed by atoms with Gasteiger partial charge >= 0.3 is 0 Å². The average molecular weight is 252 g/mol. The highest BCUT2D eigenvalue weighted by Crippen LogP contribution is 2.32. The number of likely N-dealkylation sites (tertiary alicyclic amines) is 1. The van der Waals surface area contributed by atoms with Crippen molar-refractivity contribution in [2.45, 2.75) is 18.8 Å². The molecule has 100 valence electrons. The largest absolute Gasteiger partial charge is 0.495 e. The van der Waals surface area contributed by atoms with Crippen molar-refractivity contribution in [2.24, 2.45) is 0 Å². The molecule has 1 aromatic rings. The standard InChI is InChI=1S/C14H21FN2O/c1-18-14-3-2-12(10-13(14)16)11-4-7-17(8-5-11)9-6-15/h2-3,10-11H,4-9,16H2,1H3. The third-order valence-electron chi connectivity index (χ3n) is 3.71. The minimum atomic E-state index is -0.250. The van der Waals surface area contributed by atoms with Crippen LogP contribution in [0.15, 0.2) is 18.2 Å². The highest BCUT2D eigenvalue weighted by molar-refractivity contribution is 5.54. The molecule has 2 N–H and O–H groups in total. The SMILES string of the molecule is COc1ccc(C2CCN(CCF)CC2)cc1N. The van der Waals surface area contributed by atoms with Gasteiger partial charge in [0.15, 0.2) is 0 Å². The summed E-state index contributed by atoms with van der Waals surface area (Å²) < 4.78 is 17.4. The van der Waals surface area contributed by atoms with E-state index in [9.17, 15) is 4.39 Å². The van der Waals surface area contributed by atoms with E-state index in [1.807, 2.05) is 12.1 Å². The fraction of sp³-hybridized carbons (Fsp3) is 0.571. The zero-order chi connectivity index (χ0) is 13.0. The van der Waals surface area contributed by atoms with E-state index in [1.54, 1.807) is 7.11 Å². The summed E-state index contributed by atoms with van der Waals surface area (Å²) in [5.41, 5.74) is 7.90. The molecule has 0 unspecified atom stereocenters. The highest BCUT2D eigenvalue weighted by Gasteiger charge is 2.20. The van der Waals surface area contributed by atoms with Gasteiger partial charge in [0.05, 0.1) is 12.8 Å². The number of ether oxygens (including phenoxy) is 1. The van der Waals surface area contributed by atoms with Crippen LogP contribution < -0.4 is 10.5 Å². The smallest absolute Gasteiger partial charge is 0.141 e. The highest BCUT2D eigenvalue weighted by atomic mass is 19.1. The maximum absolute atomic E-state index is 12.3. The van der Waals surface area contributed by atoms with Gasteiger partial charge in [0.25, 0.3) is 0 Å². The van der Waals surface area contributed by atoms with Crippen molar-refractivity contribution in [2.75, 3.05) is 39.2 Å². The van der Waals surface area contributed by atoms with Crippen LogP contribution in [0.25, 0.3) is 0 Å². The maximum Gasteiger partial charge on any atom is 0.141 e. The van der Waals surface area contributed by atoms with Gasteiger partial charge in [0.1, 0.15) is 12.4 Å². The van der Waals surface area contributed by atoms with E-state index in [2.05, 4.69) is 11.0 Å². The van der Waals surface area contributed by atoms with Gasteiger partial charge in [-0.3, -0.25) is 0 Å². The molecule has 4 heteroatoms. The number of hydrogen-bond donors (Lipinski definition) is 1. The molecule has 0 saturated carbocycles. The van der Waals surface area contributed by atoms with Crippen LogP contribution in [0.4, 0.5) is 10.1 Å². The van der Waals surface area contributed by atoms with Crippen molar-refractivity contribution >= 4 is 5.69 Å². The molecule has 0 spiro atoms. The lowest BCUT2D eigenvalue weighted by molar-refractivity contribution is 0.197. The molecule has 1 aliphatic heterocycles. The molecule has 1 heterocycles. The van der Waals surface area contributed by atoms with Crippen molar-refractivity contribution in [1.82, 2.24) is 4.90 Å². The Hall–Kier alpha value is -1.29. The quantitative estimate of drug-likeness (QED) is 0.836. The minimum absolute atomic E-state index is 0.250. The van der Waals surface area contributed by atoms with Gasteiger partial charge in [0, 0.05) is 6.54 Å². The topological polar surface area (TPSA) is 38.5 Å². The number of anilines is 1. The van der Waals surface area contributed by atoms with Gasteiger partial charge in [-0.05, 0) is 49.5 Å². The summed E-state index contributed by atoms with van der Waals surface area (Å²) >= 11 is 0. The molecule has 1 aromatic carbocycles. The lowest BCUT2D eigenvalue weighted by Crippen LogP contribution is -2.34. The summed E-state index contributed by atoms with van der Waals surface area (Å²) in [6.45, 7) is 2.26. The van der Waals surface area contributed by atoms with E-state index in [-0.39, 0.29) is 6.67 Å². The van der Waals surface area contributed by atoms with Crippen LogP contribution in [-0.4, -0.2) is 38.3 Å². The molecule has 1 fully saturated rings. The predicted octanol–water partition coefficient (Wildman–Crippen LogP) is 2.43. The molecule has 3 nitrogen and oxygen atoms in total. The summed E-state index contributed by atoms with van der Waals surface area (Å²) in [6, 6.07) is 6.03. The molecule has 0 bridgehead atoms. The van der Waals surface area contributed by atoms with Gasteiger partial charge in [-0.25, -0.2) is 4.39 Å². The normalized spacial score (nSPS) is 17.9. The van der Waals surface area contributed by atoms with E-state index in [1.165, 1.54) is 5.56 Å². The van der Waals surface area contributed by atoms with Gasteiger partial charge in [0.2, 0.25) is 0 Å². The van der Waals surface area contributed by atoms with Gasteiger partial charge in [-0.15, -0.1) is 0 Å². The molecule has 0 atom stereocenters. The van der Waals surface area contributed by atoms with Crippen LogP contribution in [0.5, 0.6) is 5.75 Å². The van der Waals surface area contributed by atoms with Crippen molar-refractivity contribution in [3.63, 3.8) is 0 Å². The molecule has 18 heavy (non-hydrogen) atoms. The summed E-state index contributed by atoms with van der Waals surface area (Å²) in [5.74, 6) is 1.27. The number of nitrogens with two attached hydrogens (primary N) is 1. The first-order valence-electron chi connectivity index (χ1n) is 6.46. The van der Waals surface area contributed by atoms with Crippen molar-refractivity contribution < 1.29 is 9.13 Å². The van der Waals surface area contributed by atoms with Crippen LogP contribution in [0.1, 0.15) is 24.3 Å². The van der Waals surface area contributed by atoms with Crippen LogP contribution in [0, 0.1) is 0 Å². The van der Waals surface area contributed by atoms with E-state index in [4.69, 9.17) is 10.5 Å². The van der Waals surface area contributed by atoms with Gasteiger partial charge in [-0.1, -0.05) is 6.07 Å². The molecule has 0 aliphatic carbocycles. The Kier molecular flexibility index (Phi) is 4.42. The number of nitrogens with zero attached hydrogens (tertiary/aromatic N) is 1. The number of benzene rings is 1. The van der Waals surface area contributed by atoms with Crippen LogP contribution >= 0.6 is 0 Å². The van der Waals surface area contributed by atoms with Crippen LogP contribution in [0.2, 0.25) is 0 Å². The Morgan fingerprint density at radius 3 is 2.67 bits per heavy atom. The number of alkyl halides is 1. The van der Waals surface area contributed by atoms with E-state index in [0.29, 0.717) is 18.2 Å². The molecule has 1 saturated heterocycles. The Balaban J connectivity index is 1.99. The predicted molar refractivity (Wildman–Crippen MR) is 71.8 cm³/mol. The molecule has 0 amide bonds. The van der Waals surface area contributed by atoms with Crippen molar-refractivity contribution in [3.8, 4) is 5.75 Å². The first-order chi connectivity index (χ1) is 8.74. The second kappa shape index (κ2) is 6.05. The fourth-order valence-corrected chi connectivity index (χ4v) is 2.62. The monoisotopic (exact) mass is 252 g/mol. The summed E-state index contributed by atoms with van der Waals surface area (Å²) in [5, 5.41) is 0. The van der Waals surface area contributed by atoms with E-state index < -0.39 is 0 Å². The van der Waals surface area contributed by atoms with E-state index in [0.717, 1.165) is 31.7 Å². The first kappa shape index (κ1) is 13.1. The minimum Gasteiger partial charge on any atom is -0.495 e. The Bertz CT molecular complexity index is 389. The van der Waals surface area contributed by atoms with Crippen molar-refractivity contribution in [1.29, 1.82) is 0 Å². The zero-order valence-corrected chi connectivity index (χ0v) is 10.9. The third kappa shape index (κ3) is 2.93. The number of piperidine rings is 1. The van der Waals surface area contributed by atoms with Crippen LogP contribution in [-0.2, 0) is 0 Å². The Morgan fingerprint density at radius 1 is 1.39 bits per heavy atom. The maximum atomic E-state index is 12.3. The molecule has 2 rings (SSSR count). The average Bonchev–Trinajstić information content (AvgIpc) is 2.40. The molecule has 0 radical (unpaired) electrons. The summed E-state index contributed by atoms with van der Waals surface area (Å²) in [4.78, 5) is 2.18. The molecule has 0 aromatic heterocycles. The Morgan fingerprint density at radius 2 is 2.11 bits per heavy atom. The molecule has 1 aliphatic rings. The second-order valence-corrected chi connectivity index (χ2v) is 4.81. The second-order valence-electron chi connectivity index (χ2n) is 4.81. The van der Waals surface area contributed by atoms with Gasteiger partial charge < -0.3 is 15.4 Å². The number of rotatable bonds is 4. The zero-order valence-electron chi connectivity index (χ0n) is 10.9. The third-order valence-corrected chi connectivity index (χ3v) is 3.71. The fourth-order valence-electron chi connectivity index (χ4n) is 2.62. The number of nitrogen functional groups attached to an aromatic ring is 1. The first-order valence-corrected chi connectivity index (χ1v) is 6.46. The van der Waals surface area contributed by atoms with Gasteiger partial charge in [-0.2, -0.15) is 0 Å². The van der Waals surface area contributed by atoms with E-state index >= 15 is 0 Å². The number of hydrogen-bond acceptors (Lipinski definition) is 3. The van der Waals surface area contributed by atoms with Crippen LogP contribution in [0.3, 0.4) is 0 Å². The molecular weight excluding hydrogens is 231 g/mol.